The highest BCUT2D eigenvalue weighted by Gasteiger charge is 2.30. The van der Waals surface area contributed by atoms with Crippen LogP contribution < -0.4 is 10.5 Å². The summed E-state index contributed by atoms with van der Waals surface area (Å²) in [5.41, 5.74) is 9.64. The molecule has 0 saturated heterocycles. The van der Waals surface area contributed by atoms with Gasteiger partial charge < -0.3 is 15.0 Å². The number of aromatic nitrogens is 2. The monoisotopic (exact) mass is 243 g/mol. The molecule has 1 aromatic carbocycles. The molecule has 94 valence electrons. The van der Waals surface area contributed by atoms with E-state index in [1.54, 1.807) is 0 Å². The van der Waals surface area contributed by atoms with Crippen molar-refractivity contribution < 1.29 is 4.74 Å². The molecule has 2 N–H and O–H groups in total. The third-order valence-electron chi connectivity index (χ3n) is 3.75. The van der Waals surface area contributed by atoms with Crippen molar-refractivity contribution >= 4 is 0 Å². The van der Waals surface area contributed by atoms with Crippen LogP contribution in [-0.4, -0.2) is 16.2 Å². The topological polar surface area (TPSA) is 53.1 Å². The van der Waals surface area contributed by atoms with Crippen LogP contribution in [0.4, 0.5) is 0 Å². The minimum absolute atomic E-state index is 0.0535. The number of benzene rings is 1. The van der Waals surface area contributed by atoms with Crippen LogP contribution >= 0.6 is 0 Å². The first-order chi connectivity index (χ1) is 8.68. The van der Waals surface area contributed by atoms with Crippen LogP contribution in [0.15, 0.2) is 30.6 Å². The molecule has 0 spiro atoms. The number of nitrogens with two attached hydrogens (primary N) is 1. The van der Waals surface area contributed by atoms with E-state index in [-0.39, 0.29) is 12.1 Å². The predicted molar refractivity (Wildman–Crippen MR) is 69.6 cm³/mol. The van der Waals surface area contributed by atoms with Crippen molar-refractivity contribution in [2.24, 2.45) is 5.73 Å². The number of rotatable bonds is 1. The summed E-state index contributed by atoms with van der Waals surface area (Å²) in [4.78, 5) is 4.33. The van der Waals surface area contributed by atoms with E-state index in [4.69, 9.17) is 10.5 Å². The number of nitrogens with zero attached hydrogens (tertiary/aromatic N) is 2. The van der Waals surface area contributed by atoms with Gasteiger partial charge in [-0.1, -0.05) is 18.2 Å². The quantitative estimate of drug-likeness (QED) is 0.834. The standard InChI is InChI=1S/C14H17N3O/c1-9-10(2)17(8-16-9)12-7-18-13-6-4-3-5-11(13)14(12)15/h3-6,8,12,14H,7,15H2,1-2H3. The highest BCUT2D eigenvalue weighted by Crippen LogP contribution is 2.36. The molecule has 0 saturated carbocycles. The number of ether oxygens (including phenoxy) is 1. The van der Waals surface area contributed by atoms with Gasteiger partial charge in [-0.3, -0.25) is 0 Å². The van der Waals surface area contributed by atoms with Crippen molar-refractivity contribution in [2.45, 2.75) is 25.9 Å². The van der Waals surface area contributed by atoms with Gasteiger partial charge in [0.25, 0.3) is 0 Å². The zero-order chi connectivity index (χ0) is 12.7. The second-order valence-corrected chi connectivity index (χ2v) is 4.76. The van der Waals surface area contributed by atoms with E-state index in [2.05, 4.69) is 16.5 Å². The van der Waals surface area contributed by atoms with Crippen molar-refractivity contribution in [3.05, 3.63) is 47.5 Å². The number of aryl methyl sites for hydroxylation is 1. The highest BCUT2D eigenvalue weighted by atomic mass is 16.5. The third-order valence-corrected chi connectivity index (χ3v) is 3.75. The summed E-state index contributed by atoms with van der Waals surface area (Å²) in [5.74, 6) is 0.899. The maximum absolute atomic E-state index is 6.37. The summed E-state index contributed by atoms with van der Waals surface area (Å²) in [6.07, 6.45) is 1.85. The number of hydrogen-bond acceptors (Lipinski definition) is 3. The Hall–Kier alpha value is -1.81. The first-order valence-electron chi connectivity index (χ1n) is 6.16. The van der Waals surface area contributed by atoms with Gasteiger partial charge in [0, 0.05) is 11.3 Å². The summed E-state index contributed by atoms with van der Waals surface area (Å²) in [7, 11) is 0. The number of fused-ring (bicyclic) bond motifs is 1. The zero-order valence-corrected chi connectivity index (χ0v) is 10.6. The lowest BCUT2D eigenvalue weighted by molar-refractivity contribution is 0.196. The fraction of sp³-hybridized carbons (Fsp3) is 0.357. The Morgan fingerprint density at radius 2 is 2.11 bits per heavy atom. The van der Waals surface area contributed by atoms with Gasteiger partial charge in [-0.25, -0.2) is 4.98 Å². The van der Waals surface area contributed by atoms with Gasteiger partial charge >= 0.3 is 0 Å². The number of hydrogen-bond donors (Lipinski definition) is 1. The molecule has 4 nitrogen and oxygen atoms in total. The summed E-state index contributed by atoms with van der Waals surface area (Å²) in [6, 6.07) is 8.03. The Balaban J connectivity index is 2.00. The summed E-state index contributed by atoms with van der Waals surface area (Å²) < 4.78 is 7.92. The molecule has 2 heterocycles. The molecular weight excluding hydrogens is 226 g/mol. The lowest BCUT2D eigenvalue weighted by Crippen LogP contribution is -2.33. The van der Waals surface area contributed by atoms with Crippen LogP contribution in [0.2, 0.25) is 0 Å². The molecule has 0 aliphatic carbocycles. The molecule has 4 heteroatoms. The van der Waals surface area contributed by atoms with Crippen molar-refractivity contribution in [1.82, 2.24) is 9.55 Å². The van der Waals surface area contributed by atoms with Gasteiger partial charge in [-0.15, -0.1) is 0 Å². The van der Waals surface area contributed by atoms with Crippen molar-refractivity contribution in [3.8, 4) is 5.75 Å². The fourth-order valence-electron chi connectivity index (χ4n) is 2.48. The fourth-order valence-corrected chi connectivity index (χ4v) is 2.48. The first-order valence-corrected chi connectivity index (χ1v) is 6.16. The van der Waals surface area contributed by atoms with E-state index in [0.717, 1.165) is 22.7 Å². The second kappa shape index (κ2) is 4.14. The van der Waals surface area contributed by atoms with E-state index < -0.39 is 0 Å². The van der Waals surface area contributed by atoms with Crippen molar-refractivity contribution in [2.75, 3.05) is 6.61 Å². The van der Waals surface area contributed by atoms with Crippen molar-refractivity contribution in [1.29, 1.82) is 0 Å². The highest BCUT2D eigenvalue weighted by molar-refractivity contribution is 5.38. The molecule has 0 bridgehead atoms. The smallest absolute Gasteiger partial charge is 0.124 e. The minimum atomic E-state index is -0.0535. The first kappa shape index (κ1) is 11.3. The second-order valence-electron chi connectivity index (χ2n) is 4.76. The summed E-state index contributed by atoms with van der Waals surface area (Å²) in [5, 5.41) is 0. The van der Waals surface area contributed by atoms with Gasteiger partial charge in [0.2, 0.25) is 0 Å². The Kier molecular flexibility index (Phi) is 2.59. The maximum Gasteiger partial charge on any atom is 0.124 e. The molecule has 2 aromatic rings. The van der Waals surface area contributed by atoms with Crippen LogP contribution in [0.1, 0.15) is 29.0 Å². The average molecular weight is 243 g/mol. The number of imidazole rings is 1. The van der Waals surface area contributed by atoms with Gasteiger partial charge in [-0.2, -0.15) is 0 Å². The molecule has 0 amide bonds. The van der Waals surface area contributed by atoms with Gasteiger partial charge in [-0.05, 0) is 19.9 Å². The van der Waals surface area contributed by atoms with E-state index in [9.17, 15) is 0 Å². The Morgan fingerprint density at radius 3 is 2.83 bits per heavy atom. The predicted octanol–water partition coefficient (Wildman–Crippen LogP) is 2.13. The van der Waals surface area contributed by atoms with Crippen LogP contribution in [0, 0.1) is 13.8 Å². The molecule has 2 atom stereocenters. The molecule has 0 fully saturated rings. The van der Waals surface area contributed by atoms with Crippen molar-refractivity contribution in [3.63, 3.8) is 0 Å². The molecule has 1 aliphatic heterocycles. The molecular formula is C14H17N3O. The number of para-hydroxylation sites is 1. The molecule has 3 rings (SSSR count). The van der Waals surface area contributed by atoms with Gasteiger partial charge in [0.1, 0.15) is 12.4 Å². The zero-order valence-electron chi connectivity index (χ0n) is 10.6. The molecule has 0 radical (unpaired) electrons. The van der Waals surface area contributed by atoms with Crippen LogP contribution in [0.3, 0.4) is 0 Å². The Bertz CT molecular complexity index is 576. The third kappa shape index (κ3) is 1.61. The average Bonchev–Trinajstić information content (AvgIpc) is 2.71. The summed E-state index contributed by atoms with van der Waals surface area (Å²) in [6.45, 7) is 4.67. The Labute approximate surface area is 106 Å². The van der Waals surface area contributed by atoms with Crippen LogP contribution in [0.25, 0.3) is 0 Å². The normalized spacial score (nSPS) is 22.4. The van der Waals surface area contributed by atoms with E-state index in [0.29, 0.717) is 6.61 Å². The molecule has 2 unspecified atom stereocenters. The molecule has 1 aliphatic rings. The summed E-state index contributed by atoms with van der Waals surface area (Å²) >= 11 is 0. The largest absolute Gasteiger partial charge is 0.491 e. The van der Waals surface area contributed by atoms with E-state index in [1.165, 1.54) is 0 Å². The lowest BCUT2D eigenvalue weighted by atomic mass is 9.97. The Morgan fingerprint density at radius 1 is 1.33 bits per heavy atom. The van der Waals surface area contributed by atoms with Gasteiger partial charge in [0.05, 0.1) is 24.1 Å². The van der Waals surface area contributed by atoms with E-state index >= 15 is 0 Å². The lowest BCUT2D eigenvalue weighted by Gasteiger charge is -2.32. The SMILES string of the molecule is Cc1ncn(C2COc3ccccc3C2N)c1C. The molecule has 18 heavy (non-hydrogen) atoms. The maximum atomic E-state index is 6.37. The molecule has 1 aromatic heterocycles. The van der Waals surface area contributed by atoms with Crippen LogP contribution in [-0.2, 0) is 0 Å². The van der Waals surface area contributed by atoms with Crippen LogP contribution in [0.5, 0.6) is 5.75 Å². The van der Waals surface area contributed by atoms with E-state index in [1.807, 2.05) is 37.5 Å². The minimum Gasteiger partial charge on any atom is -0.491 e. The van der Waals surface area contributed by atoms with Gasteiger partial charge in [0.15, 0.2) is 0 Å².